The molecule has 1 spiro atoms. The monoisotopic (exact) mass is 422 g/mol. The second kappa shape index (κ2) is 6.92. The Hall–Kier alpha value is -2.18. The number of ketones is 1. The van der Waals surface area contributed by atoms with Crippen molar-refractivity contribution in [1.82, 2.24) is 9.88 Å². The van der Waals surface area contributed by atoms with Crippen LogP contribution in [0.1, 0.15) is 40.4 Å². The summed E-state index contributed by atoms with van der Waals surface area (Å²) in [5.41, 5.74) is 3.45. The highest BCUT2D eigenvalue weighted by molar-refractivity contribution is 6.31. The molecule has 4 heterocycles. The lowest BCUT2D eigenvalue weighted by Gasteiger charge is -2.34. The van der Waals surface area contributed by atoms with Crippen molar-refractivity contribution in [3.05, 3.63) is 70.4 Å². The van der Waals surface area contributed by atoms with Crippen LogP contribution in [0.15, 0.2) is 48.7 Å². The fourth-order valence-electron chi connectivity index (χ4n) is 5.05. The molecule has 0 bridgehead atoms. The molecule has 2 saturated heterocycles. The van der Waals surface area contributed by atoms with Gasteiger partial charge in [0.15, 0.2) is 5.78 Å². The molecule has 2 aromatic carbocycles. The van der Waals surface area contributed by atoms with Crippen molar-refractivity contribution in [1.29, 1.82) is 0 Å². The van der Waals surface area contributed by atoms with E-state index in [4.69, 9.17) is 21.1 Å². The highest BCUT2D eigenvalue weighted by Gasteiger charge is 2.48. The lowest BCUT2D eigenvalue weighted by Crippen LogP contribution is -2.40. The number of carbonyl (C=O) groups excluding carboxylic acids is 1. The fraction of sp³-hybridized carbons (Fsp3) is 0.375. The van der Waals surface area contributed by atoms with E-state index in [0.717, 1.165) is 55.5 Å². The summed E-state index contributed by atoms with van der Waals surface area (Å²) in [6.07, 6.45) is 3.34. The molecule has 0 amide bonds. The Morgan fingerprint density at radius 2 is 2.00 bits per heavy atom. The Balaban J connectivity index is 1.43. The molecule has 3 aliphatic heterocycles. The first kappa shape index (κ1) is 18.6. The molecular weight excluding hydrogens is 400 g/mol. The Bertz CT molecular complexity index is 1140. The summed E-state index contributed by atoms with van der Waals surface area (Å²) in [6.45, 7) is 3.28. The number of nitrogens with one attached hydrogen (secondary N) is 1. The second-order valence-electron chi connectivity index (χ2n) is 8.51. The number of epoxide rings is 1. The number of benzene rings is 2. The minimum absolute atomic E-state index is 0.0145. The number of carbonyl (C=O) groups is 1. The molecule has 6 rings (SSSR count). The summed E-state index contributed by atoms with van der Waals surface area (Å²) in [4.78, 5) is 13.8. The Morgan fingerprint density at radius 1 is 1.20 bits per heavy atom. The van der Waals surface area contributed by atoms with Crippen LogP contribution in [0.25, 0.3) is 10.9 Å². The first-order valence-electron chi connectivity index (χ1n) is 10.6. The molecule has 2 atom stereocenters. The third-order valence-corrected chi connectivity index (χ3v) is 6.87. The van der Waals surface area contributed by atoms with Crippen molar-refractivity contribution >= 4 is 28.3 Å². The minimum Gasteiger partial charge on any atom is -0.371 e. The number of hydrogen-bond acceptors (Lipinski definition) is 4. The average molecular weight is 423 g/mol. The number of piperidine rings is 1. The number of ether oxygens (including phenoxy) is 2. The van der Waals surface area contributed by atoms with Gasteiger partial charge < -0.3 is 19.4 Å². The number of rotatable bonds is 4. The lowest BCUT2D eigenvalue weighted by molar-refractivity contribution is -0.0805. The normalized spacial score (nSPS) is 24.3. The summed E-state index contributed by atoms with van der Waals surface area (Å²) in [5.74, 6) is 0.0145. The lowest BCUT2D eigenvalue weighted by atomic mass is 9.84. The van der Waals surface area contributed by atoms with Gasteiger partial charge in [-0.2, -0.15) is 0 Å². The molecule has 0 radical (unpaired) electrons. The first-order valence-corrected chi connectivity index (χ1v) is 10.9. The Morgan fingerprint density at radius 3 is 2.80 bits per heavy atom. The van der Waals surface area contributed by atoms with Gasteiger partial charge in [0, 0.05) is 22.2 Å². The summed E-state index contributed by atoms with van der Waals surface area (Å²) >= 11 is 6.26. The molecule has 0 saturated carbocycles. The van der Waals surface area contributed by atoms with Crippen LogP contribution in [-0.2, 0) is 21.6 Å². The number of aromatic nitrogens is 1. The van der Waals surface area contributed by atoms with E-state index in [1.54, 1.807) is 0 Å². The fourth-order valence-corrected chi connectivity index (χ4v) is 5.22. The van der Waals surface area contributed by atoms with Gasteiger partial charge in [-0.15, -0.1) is 0 Å². The first-order chi connectivity index (χ1) is 14.6. The van der Waals surface area contributed by atoms with E-state index in [1.807, 2.05) is 42.6 Å². The standard InChI is InChI=1S/C24H23ClN2O3/c25-15-5-6-17-19(13-27(21(17)11-15)12-16-14-29-16)22(28)23-18-3-1-2-4-20(18)24(30-23)7-9-26-10-8-24/h1-6,11,13,16,23,26H,7-10,12,14H2/t16?,23-/m1/s1. The summed E-state index contributed by atoms with van der Waals surface area (Å²) < 4.78 is 14.1. The van der Waals surface area contributed by atoms with Crippen LogP contribution in [-0.4, -0.2) is 36.2 Å². The van der Waals surface area contributed by atoms with Crippen molar-refractivity contribution in [3.63, 3.8) is 0 Å². The van der Waals surface area contributed by atoms with Crippen LogP contribution in [0, 0.1) is 0 Å². The van der Waals surface area contributed by atoms with Gasteiger partial charge in [-0.1, -0.05) is 41.9 Å². The van der Waals surface area contributed by atoms with Gasteiger partial charge >= 0.3 is 0 Å². The van der Waals surface area contributed by atoms with Gasteiger partial charge in [0.2, 0.25) is 0 Å². The van der Waals surface area contributed by atoms with Crippen LogP contribution >= 0.6 is 11.6 Å². The molecule has 154 valence electrons. The van der Waals surface area contributed by atoms with E-state index < -0.39 is 6.10 Å². The van der Waals surface area contributed by atoms with E-state index in [1.165, 1.54) is 5.56 Å². The molecule has 5 nitrogen and oxygen atoms in total. The van der Waals surface area contributed by atoms with E-state index in [9.17, 15) is 4.79 Å². The minimum atomic E-state index is -0.578. The largest absolute Gasteiger partial charge is 0.371 e. The summed E-state index contributed by atoms with van der Waals surface area (Å²) in [7, 11) is 0. The van der Waals surface area contributed by atoms with Gasteiger partial charge in [0.1, 0.15) is 6.10 Å². The van der Waals surface area contributed by atoms with Gasteiger partial charge in [0.05, 0.1) is 30.4 Å². The van der Waals surface area contributed by atoms with Crippen LogP contribution in [0.2, 0.25) is 5.02 Å². The molecule has 2 fully saturated rings. The van der Waals surface area contributed by atoms with E-state index in [2.05, 4.69) is 16.0 Å². The molecule has 1 aromatic heterocycles. The van der Waals surface area contributed by atoms with Gasteiger partial charge in [0.25, 0.3) is 0 Å². The number of fused-ring (bicyclic) bond motifs is 3. The van der Waals surface area contributed by atoms with Crippen LogP contribution < -0.4 is 5.32 Å². The van der Waals surface area contributed by atoms with E-state index in [0.29, 0.717) is 10.6 Å². The maximum absolute atomic E-state index is 13.8. The molecule has 6 heteroatoms. The predicted octanol–water partition coefficient (Wildman–Crippen LogP) is 4.23. The quantitative estimate of drug-likeness (QED) is 0.505. The maximum atomic E-state index is 13.8. The van der Waals surface area contributed by atoms with Crippen LogP contribution in [0.5, 0.6) is 0 Å². The second-order valence-corrected chi connectivity index (χ2v) is 8.94. The van der Waals surface area contributed by atoms with Crippen LogP contribution in [0.4, 0.5) is 0 Å². The van der Waals surface area contributed by atoms with Crippen molar-refractivity contribution in [2.45, 2.75) is 37.2 Å². The molecule has 3 aromatic rings. The third kappa shape index (κ3) is 2.92. The van der Waals surface area contributed by atoms with Gasteiger partial charge in [-0.05, 0) is 49.2 Å². The molecule has 1 N–H and O–H groups in total. The van der Waals surface area contributed by atoms with Crippen molar-refractivity contribution in [2.24, 2.45) is 0 Å². The highest BCUT2D eigenvalue weighted by atomic mass is 35.5. The molecule has 30 heavy (non-hydrogen) atoms. The molecule has 1 unspecified atom stereocenters. The smallest absolute Gasteiger partial charge is 0.198 e. The summed E-state index contributed by atoms with van der Waals surface area (Å²) in [6, 6.07) is 13.9. The number of hydrogen-bond donors (Lipinski definition) is 1. The number of Topliss-reactive ketones (excluding diaryl/α,β-unsaturated/α-hetero) is 1. The topological polar surface area (TPSA) is 55.8 Å². The van der Waals surface area contributed by atoms with Gasteiger partial charge in [-0.25, -0.2) is 0 Å². The van der Waals surface area contributed by atoms with Crippen molar-refractivity contribution < 1.29 is 14.3 Å². The van der Waals surface area contributed by atoms with Crippen molar-refractivity contribution in [3.8, 4) is 0 Å². The zero-order valence-corrected chi connectivity index (χ0v) is 17.3. The van der Waals surface area contributed by atoms with Gasteiger partial charge in [-0.3, -0.25) is 4.79 Å². The Kier molecular flexibility index (Phi) is 4.29. The molecule has 0 aliphatic carbocycles. The Labute approximate surface area is 179 Å². The zero-order chi connectivity index (χ0) is 20.3. The zero-order valence-electron chi connectivity index (χ0n) is 16.6. The predicted molar refractivity (Wildman–Crippen MR) is 115 cm³/mol. The summed E-state index contributed by atoms with van der Waals surface area (Å²) in [5, 5.41) is 4.98. The van der Waals surface area contributed by atoms with Crippen molar-refractivity contribution in [2.75, 3.05) is 19.7 Å². The maximum Gasteiger partial charge on any atom is 0.198 e. The van der Waals surface area contributed by atoms with E-state index in [-0.39, 0.29) is 17.5 Å². The average Bonchev–Trinajstić information content (AvgIpc) is 3.45. The van der Waals surface area contributed by atoms with E-state index >= 15 is 0 Å². The number of nitrogens with zero attached hydrogens (tertiary/aromatic N) is 1. The molecule has 3 aliphatic rings. The SMILES string of the molecule is O=C(c1cn(CC2CO2)c2cc(Cl)ccc12)[C@@H]1OC2(CCNCC2)c2ccccc21. The number of halogens is 1. The van der Waals surface area contributed by atoms with Crippen LogP contribution in [0.3, 0.4) is 0 Å². The highest BCUT2D eigenvalue weighted by Crippen LogP contribution is 2.49. The molecular formula is C24H23ClN2O3. The third-order valence-electron chi connectivity index (χ3n) is 6.64.